The second-order valence-corrected chi connectivity index (χ2v) is 8.60. The molecular weight excluding hydrogens is 300 g/mol. The first-order chi connectivity index (χ1) is 11.7. The molecule has 2 aromatic carbocycles. The molecule has 0 spiro atoms. The summed E-state index contributed by atoms with van der Waals surface area (Å²) < 4.78 is 0. The third kappa shape index (κ3) is 2.88. The summed E-state index contributed by atoms with van der Waals surface area (Å²) in [6, 6.07) is 9.20. The Labute approximate surface area is 153 Å². The van der Waals surface area contributed by atoms with E-state index in [1.54, 1.807) is 0 Å². The van der Waals surface area contributed by atoms with E-state index in [4.69, 9.17) is 0 Å². The number of benzene rings is 2. The lowest BCUT2D eigenvalue weighted by Gasteiger charge is -2.38. The summed E-state index contributed by atoms with van der Waals surface area (Å²) >= 11 is 0. The van der Waals surface area contributed by atoms with E-state index in [1.165, 1.54) is 45.0 Å². The minimum Gasteiger partial charge on any atom is -0.0988 e. The summed E-state index contributed by atoms with van der Waals surface area (Å²) in [5.74, 6) is 0. The molecule has 3 rings (SSSR count). The first-order valence-electron chi connectivity index (χ1n) is 9.30. The van der Waals surface area contributed by atoms with Gasteiger partial charge >= 0.3 is 0 Å². The maximum absolute atomic E-state index is 4.08. The molecule has 0 heteroatoms. The monoisotopic (exact) mass is 330 g/mol. The van der Waals surface area contributed by atoms with E-state index in [2.05, 4.69) is 78.1 Å². The molecule has 0 heterocycles. The Hall–Kier alpha value is -2.08. The molecule has 1 aliphatic carbocycles. The van der Waals surface area contributed by atoms with Crippen molar-refractivity contribution in [2.45, 2.75) is 52.9 Å². The predicted octanol–water partition coefficient (Wildman–Crippen LogP) is 7.32. The number of hydrogen-bond donors (Lipinski definition) is 0. The molecule has 0 unspecified atom stereocenters. The second-order valence-electron chi connectivity index (χ2n) is 8.60. The summed E-state index contributed by atoms with van der Waals surface area (Å²) in [6.07, 6.45) is 8.57. The van der Waals surface area contributed by atoms with Gasteiger partial charge in [-0.2, -0.15) is 0 Å². The van der Waals surface area contributed by atoms with E-state index in [9.17, 15) is 0 Å². The summed E-state index contributed by atoms with van der Waals surface area (Å²) in [5.41, 5.74) is 7.14. The van der Waals surface area contributed by atoms with Crippen molar-refractivity contribution in [3.05, 3.63) is 71.3 Å². The van der Waals surface area contributed by atoms with Gasteiger partial charge in [0.05, 0.1) is 0 Å². The lowest BCUT2D eigenvalue weighted by atomic mass is 9.66. The zero-order chi connectivity index (χ0) is 18.4. The van der Waals surface area contributed by atoms with Crippen LogP contribution in [0.4, 0.5) is 0 Å². The van der Waals surface area contributed by atoms with Crippen molar-refractivity contribution in [2.24, 2.45) is 5.41 Å². The van der Waals surface area contributed by atoms with Crippen molar-refractivity contribution in [3.63, 3.8) is 0 Å². The lowest BCUT2D eigenvalue weighted by Crippen LogP contribution is -2.32. The highest BCUT2D eigenvalue weighted by molar-refractivity contribution is 5.96. The average molecular weight is 331 g/mol. The van der Waals surface area contributed by atoms with Gasteiger partial charge in [-0.15, -0.1) is 0 Å². The molecule has 0 saturated carbocycles. The number of rotatable bonds is 5. The Morgan fingerprint density at radius 3 is 2.48 bits per heavy atom. The summed E-state index contributed by atoms with van der Waals surface area (Å²) in [4.78, 5) is 0. The van der Waals surface area contributed by atoms with E-state index in [1.807, 2.05) is 12.2 Å². The van der Waals surface area contributed by atoms with Gasteiger partial charge in [0.1, 0.15) is 0 Å². The van der Waals surface area contributed by atoms with Crippen LogP contribution in [0, 0.1) is 5.41 Å². The van der Waals surface area contributed by atoms with Crippen LogP contribution >= 0.6 is 0 Å². The van der Waals surface area contributed by atoms with Crippen molar-refractivity contribution in [1.29, 1.82) is 0 Å². The molecule has 0 aliphatic heterocycles. The molecule has 0 bridgehead atoms. The fraction of sp³-hybridized carbons (Fsp3) is 0.360. The topological polar surface area (TPSA) is 0 Å². The van der Waals surface area contributed by atoms with Gasteiger partial charge in [0.25, 0.3) is 0 Å². The molecule has 0 radical (unpaired) electrons. The van der Waals surface area contributed by atoms with Crippen molar-refractivity contribution in [1.82, 2.24) is 0 Å². The third-order valence-corrected chi connectivity index (χ3v) is 6.09. The third-order valence-electron chi connectivity index (χ3n) is 6.09. The molecule has 1 aliphatic rings. The quantitative estimate of drug-likeness (QED) is 0.504. The number of allylic oxidation sites excluding steroid dienone is 2. The van der Waals surface area contributed by atoms with Crippen LogP contribution in [-0.2, 0) is 11.8 Å². The van der Waals surface area contributed by atoms with Gasteiger partial charge in [0.15, 0.2) is 0 Å². The number of hydrogen-bond acceptors (Lipinski definition) is 0. The van der Waals surface area contributed by atoms with Crippen molar-refractivity contribution in [3.8, 4) is 0 Å². The van der Waals surface area contributed by atoms with Crippen LogP contribution in [0.25, 0.3) is 22.9 Å². The van der Waals surface area contributed by atoms with E-state index in [0.29, 0.717) is 5.41 Å². The zero-order valence-corrected chi connectivity index (χ0v) is 16.4. The van der Waals surface area contributed by atoms with Crippen LogP contribution in [0.1, 0.15) is 63.3 Å². The van der Waals surface area contributed by atoms with E-state index in [0.717, 1.165) is 6.42 Å². The molecule has 0 aromatic heterocycles. The Morgan fingerprint density at radius 1 is 1.20 bits per heavy atom. The molecule has 0 atom stereocenters. The van der Waals surface area contributed by atoms with Gasteiger partial charge < -0.3 is 0 Å². The Kier molecular flexibility index (Phi) is 4.27. The molecular formula is C25H30. The fourth-order valence-corrected chi connectivity index (χ4v) is 3.93. The fourth-order valence-electron chi connectivity index (χ4n) is 3.93. The molecule has 25 heavy (non-hydrogen) atoms. The first kappa shape index (κ1) is 17.7. The van der Waals surface area contributed by atoms with Crippen LogP contribution in [-0.4, -0.2) is 0 Å². The van der Waals surface area contributed by atoms with Gasteiger partial charge in [0, 0.05) is 0 Å². The highest BCUT2D eigenvalue weighted by Crippen LogP contribution is 2.44. The maximum Gasteiger partial charge on any atom is -0.00601 e. The summed E-state index contributed by atoms with van der Waals surface area (Å²) in [7, 11) is 0. The predicted molar refractivity (Wildman–Crippen MR) is 113 cm³/mol. The maximum atomic E-state index is 4.08. The van der Waals surface area contributed by atoms with Crippen LogP contribution in [0.3, 0.4) is 0 Å². The van der Waals surface area contributed by atoms with Crippen molar-refractivity contribution < 1.29 is 0 Å². The van der Waals surface area contributed by atoms with Crippen LogP contribution in [0.2, 0.25) is 0 Å². The second kappa shape index (κ2) is 6.02. The van der Waals surface area contributed by atoms with Crippen LogP contribution < -0.4 is 0 Å². The normalized spacial score (nSPS) is 16.3. The summed E-state index contributed by atoms with van der Waals surface area (Å²) in [5, 5.41) is 2.65. The first-order valence-corrected chi connectivity index (χ1v) is 9.30. The molecule has 0 nitrogen and oxygen atoms in total. The molecule has 0 N–H and O–H groups in total. The smallest absolute Gasteiger partial charge is 0.00601 e. The SMILES string of the molecule is C=C/C(=C\c1c(C=C)ccc2cc3c(cc12)C(C)(C)C3)C(C)(C)CC. The lowest BCUT2D eigenvalue weighted by molar-refractivity contribution is 0.443. The molecule has 130 valence electrons. The molecule has 0 amide bonds. The standard InChI is InChI=1S/C25H30/c1-8-17-11-12-18-13-19-16-25(6,7)23(19)15-22(18)21(17)14-20(9-2)24(4,5)10-3/h8-9,11-15H,1-2,10,16H2,3-7H3/b20-14+. The van der Waals surface area contributed by atoms with Crippen LogP contribution in [0.15, 0.2) is 49.1 Å². The van der Waals surface area contributed by atoms with E-state index >= 15 is 0 Å². The van der Waals surface area contributed by atoms with Gasteiger partial charge in [-0.25, -0.2) is 0 Å². The Morgan fingerprint density at radius 2 is 1.92 bits per heavy atom. The van der Waals surface area contributed by atoms with E-state index in [-0.39, 0.29) is 5.41 Å². The number of fused-ring (bicyclic) bond motifs is 2. The van der Waals surface area contributed by atoms with Crippen molar-refractivity contribution >= 4 is 22.9 Å². The molecule has 0 fully saturated rings. The molecule has 2 aromatic rings. The van der Waals surface area contributed by atoms with Gasteiger partial charge in [0.2, 0.25) is 0 Å². The average Bonchev–Trinajstić information content (AvgIpc) is 2.57. The van der Waals surface area contributed by atoms with Gasteiger partial charge in [-0.1, -0.05) is 84.2 Å². The zero-order valence-electron chi connectivity index (χ0n) is 16.4. The largest absolute Gasteiger partial charge is 0.0988 e. The van der Waals surface area contributed by atoms with Crippen molar-refractivity contribution in [2.75, 3.05) is 0 Å². The Balaban J connectivity index is 2.30. The Bertz CT molecular complexity index is 888. The van der Waals surface area contributed by atoms with Gasteiger partial charge in [-0.3, -0.25) is 0 Å². The molecule has 0 saturated heterocycles. The summed E-state index contributed by atoms with van der Waals surface area (Å²) in [6.45, 7) is 19.6. The minimum absolute atomic E-state index is 0.113. The van der Waals surface area contributed by atoms with Crippen LogP contribution in [0.5, 0.6) is 0 Å². The van der Waals surface area contributed by atoms with E-state index < -0.39 is 0 Å². The minimum atomic E-state index is 0.113. The van der Waals surface area contributed by atoms with Gasteiger partial charge in [-0.05, 0) is 68.3 Å². The highest BCUT2D eigenvalue weighted by Gasteiger charge is 2.34. The highest BCUT2D eigenvalue weighted by atomic mass is 14.4.